The van der Waals surface area contributed by atoms with Gasteiger partial charge in [-0.05, 0) is 17.7 Å². The Kier molecular flexibility index (Phi) is 5.27. The highest BCUT2D eigenvalue weighted by Crippen LogP contribution is 2.23. The number of hydrogen-bond donors (Lipinski definition) is 1. The van der Waals surface area contributed by atoms with E-state index in [9.17, 15) is 9.18 Å². The van der Waals surface area contributed by atoms with Crippen molar-refractivity contribution in [3.63, 3.8) is 0 Å². The molecule has 1 atom stereocenters. The smallest absolute Gasteiger partial charge is 0.317 e. The fourth-order valence-electron chi connectivity index (χ4n) is 2.59. The van der Waals surface area contributed by atoms with E-state index in [4.69, 9.17) is 9.47 Å². The number of amides is 2. The zero-order valence-electron chi connectivity index (χ0n) is 13.8. The Balaban J connectivity index is 1.50. The van der Waals surface area contributed by atoms with Crippen LogP contribution < -0.4 is 14.8 Å². The molecule has 2 aromatic rings. The first-order chi connectivity index (χ1) is 12.2. The first kappa shape index (κ1) is 16.9. The highest BCUT2D eigenvalue weighted by atomic mass is 19.1. The molecule has 7 nitrogen and oxygen atoms in total. The number of carbonyl (C=O) groups excluding carboxylic acids is 1. The van der Waals surface area contributed by atoms with Crippen LogP contribution in [0.2, 0.25) is 0 Å². The summed E-state index contributed by atoms with van der Waals surface area (Å²) in [6.07, 6.45) is 3.58. The van der Waals surface area contributed by atoms with Crippen molar-refractivity contribution in [3.8, 4) is 11.8 Å². The second-order valence-electron chi connectivity index (χ2n) is 5.63. The number of rotatable bonds is 5. The summed E-state index contributed by atoms with van der Waals surface area (Å²) in [6.45, 7) is 1.39. The van der Waals surface area contributed by atoms with Crippen molar-refractivity contribution in [2.45, 2.75) is 19.1 Å². The average Bonchev–Trinajstić information content (AvgIpc) is 3.10. The summed E-state index contributed by atoms with van der Waals surface area (Å²) in [7, 11) is 1.50. The van der Waals surface area contributed by atoms with E-state index < -0.39 is 0 Å². The Morgan fingerprint density at radius 3 is 2.72 bits per heavy atom. The number of urea groups is 1. The van der Waals surface area contributed by atoms with Crippen LogP contribution in [0.4, 0.5) is 9.18 Å². The van der Waals surface area contributed by atoms with E-state index in [2.05, 4.69) is 15.3 Å². The van der Waals surface area contributed by atoms with Crippen molar-refractivity contribution < 1.29 is 18.7 Å². The minimum absolute atomic E-state index is 0.165. The second-order valence-corrected chi connectivity index (χ2v) is 5.63. The molecule has 132 valence electrons. The lowest BCUT2D eigenvalue weighted by atomic mass is 10.2. The van der Waals surface area contributed by atoms with Crippen molar-refractivity contribution >= 4 is 6.03 Å². The van der Waals surface area contributed by atoms with Crippen LogP contribution >= 0.6 is 0 Å². The molecule has 0 unspecified atom stereocenters. The molecule has 8 heteroatoms. The van der Waals surface area contributed by atoms with Gasteiger partial charge in [-0.3, -0.25) is 0 Å². The van der Waals surface area contributed by atoms with Gasteiger partial charge in [-0.15, -0.1) is 0 Å². The lowest BCUT2D eigenvalue weighted by Crippen LogP contribution is -2.39. The van der Waals surface area contributed by atoms with E-state index in [0.29, 0.717) is 37.8 Å². The number of halogens is 1. The SMILES string of the molecule is COc1nccnc1O[C@@H]1CCN(C(=O)NCc2ccc(F)cc2)C1. The van der Waals surface area contributed by atoms with Crippen LogP contribution in [0.5, 0.6) is 11.8 Å². The van der Waals surface area contributed by atoms with E-state index in [0.717, 1.165) is 5.56 Å². The fraction of sp³-hybridized carbons (Fsp3) is 0.353. The summed E-state index contributed by atoms with van der Waals surface area (Å²) in [5, 5.41) is 2.82. The maximum absolute atomic E-state index is 12.9. The molecule has 0 bridgehead atoms. The summed E-state index contributed by atoms with van der Waals surface area (Å²) >= 11 is 0. The van der Waals surface area contributed by atoms with E-state index in [-0.39, 0.29) is 18.0 Å². The number of likely N-dealkylation sites (tertiary alicyclic amines) is 1. The predicted molar refractivity (Wildman–Crippen MR) is 87.8 cm³/mol. The lowest BCUT2D eigenvalue weighted by Gasteiger charge is -2.18. The summed E-state index contributed by atoms with van der Waals surface area (Å²) in [5.41, 5.74) is 0.839. The van der Waals surface area contributed by atoms with E-state index in [1.165, 1.54) is 31.6 Å². The van der Waals surface area contributed by atoms with E-state index >= 15 is 0 Å². The number of nitrogens with one attached hydrogen (secondary N) is 1. The van der Waals surface area contributed by atoms with Gasteiger partial charge in [0.25, 0.3) is 11.8 Å². The van der Waals surface area contributed by atoms with Gasteiger partial charge in [0, 0.05) is 31.9 Å². The lowest BCUT2D eigenvalue weighted by molar-refractivity contribution is 0.177. The molecule has 1 aliphatic heterocycles. The molecule has 0 radical (unpaired) electrons. The topological polar surface area (TPSA) is 76.6 Å². The van der Waals surface area contributed by atoms with Crippen molar-refractivity contribution in [2.24, 2.45) is 0 Å². The van der Waals surface area contributed by atoms with E-state index in [1.807, 2.05) is 0 Å². The van der Waals surface area contributed by atoms with Gasteiger partial charge >= 0.3 is 6.03 Å². The van der Waals surface area contributed by atoms with Gasteiger partial charge in [0.15, 0.2) is 0 Å². The summed E-state index contributed by atoms with van der Waals surface area (Å²) < 4.78 is 23.8. The van der Waals surface area contributed by atoms with Crippen molar-refractivity contribution in [1.29, 1.82) is 0 Å². The number of hydrogen-bond acceptors (Lipinski definition) is 5. The van der Waals surface area contributed by atoms with Gasteiger partial charge in [0.2, 0.25) is 0 Å². The monoisotopic (exact) mass is 346 g/mol. The standard InChI is InChI=1S/C17H19FN4O3/c1-24-15-16(20-8-7-19-15)25-14-6-9-22(11-14)17(23)21-10-12-2-4-13(18)5-3-12/h2-5,7-8,14H,6,9-11H2,1H3,(H,21,23)/t14-/m1/s1. The Hall–Kier alpha value is -2.90. The summed E-state index contributed by atoms with van der Waals surface area (Å²) in [6, 6.07) is 5.85. The van der Waals surface area contributed by atoms with Crippen LogP contribution in [0.15, 0.2) is 36.7 Å². The van der Waals surface area contributed by atoms with Gasteiger partial charge in [-0.1, -0.05) is 12.1 Å². The third-order valence-corrected chi connectivity index (χ3v) is 3.89. The molecule has 1 aromatic carbocycles. The van der Waals surface area contributed by atoms with Crippen LogP contribution in [0, 0.1) is 5.82 Å². The Labute approximate surface area is 144 Å². The number of methoxy groups -OCH3 is 1. The molecule has 0 aliphatic carbocycles. The Bertz CT molecular complexity index is 726. The zero-order valence-corrected chi connectivity index (χ0v) is 13.8. The van der Waals surface area contributed by atoms with Gasteiger partial charge in [-0.2, -0.15) is 0 Å². The number of benzene rings is 1. The Morgan fingerprint density at radius 2 is 2.00 bits per heavy atom. The first-order valence-electron chi connectivity index (χ1n) is 7.94. The molecule has 1 saturated heterocycles. The quantitative estimate of drug-likeness (QED) is 0.896. The van der Waals surface area contributed by atoms with Crippen molar-refractivity contribution in [3.05, 3.63) is 48.0 Å². The molecule has 1 N–H and O–H groups in total. The maximum Gasteiger partial charge on any atom is 0.317 e. The predicted octanol–water partition coefficient (Wildman–Crippen LogP) is 1.99. The molecule has 0 spiro atoms. The van der Waals surface area contributed by atoms with Crippen molar-refractivity contribution in [2.75, 3.05) is 20.2 Å². The number of aromatic nitrogens is 2. The summed E-state index contributed by atoms with van der Waals surface area (Å²) in [5.74, 6) is 0.347. The summed E-state index contributed by atoms with van der Waals surface area (Å²) in [4.78, 5) is 22.1. The number of nitrogens with zero attached hydrogens (tertiary/aromatic N) is 3. The van der Waals surface area contributed by atoms with Crippen molar-refractivity contribution in [1.82, 2.24) is 20.2 Å². The van der Waals surface area contributed by atoms with Gasteiger partial charge in [-0.25, -0.2) is 19.2 Å². The molecular formula is C17H19FN4O3. The first-order valence-corrected chi connectivity index (χ1v) is 7.94. The van der Waals surface area contributed by atoms with Gasteiger partial charge < -0.3 is 19.7 Å². The highest BCUT2D eigenvalue weighted by Gasteiger charge is 2.28. The highest BCUT2D eigenvalue weighted by molar-refractivity contribution is 5.74. The third kappa shape index (κ3) is 4.34. The molecule has 1 aromatic heterocycles. The number of ether oxygens (including phenoxy) is 2. The zero-order chi connectivity index (χ0) is 17.6. The second kappa shape index (κ2) is 7.78. The van der Waals surface area contributed by atoms with Crippen LogP contribution in [0.25, 0.3) is 0 Å². The van der Waals surface area contributed by atoms with Crippen LogP contribution in [0.1, 0.15) is 12.0 Å². The molecule has 3 rings (SSSR count). The largest absolute Gasteiger partial charge is 0.477 e. The fourth-order valence-corrected chi connectivity index (χ4v) is 2.59. The molecule has 2 amide bonds. The third-order valence-electron chi connectivity index (χ3n) is 3.89. The normalized spacial score (nSPS) is 16.6. The molecule has 1 fully saturated rings. The van der Waals surface area contributed by atoms with Crippen LogP contribution in [0.3, 0.4) is 0 Å². The van der Waals surface area contributed by atoms with Crippen LogP contribution in [-0.4, -0.2) is 47.2 Å². The maximum atomic E-state index is 12.9. The van der Waals surface area contributed by atoms with E-state index in [1.54, 1.807) is 17.0 Å². The molecule has 1 aliphatic rings. The molecule has 25 heavy (non-hydrogen) atoms. The molecular weight excluding hydrogens is 327 g/mol. The Morgan fingerprint density at radius 1 is 1.28 bits per heavy atom. The minimum Gasteiger partial charge on any atom is -0.477 e. The van der Waals surface area contributed by atoms with Gasteiger partial charge in [0.05, 0.1) is 13.7 Å². The number of carbonyl (C=O) groups is 1. The van der Waals surface area contributed by atoms with Gasteiger partial charge in [0.1, 0.15) is 11.9 Å². The average molecular weight is 346 g/mol. The molecule has 2 heterocycles. The molecule has 0 saturated carbocycles. The minimum atomic E-state index is -0.297. The van der Waals surface area contributed by atoms with Crippen LogP contribution in [-0.2, 0) is 6.54 Å².